The van der Waals surface area contributed by atoms with Gasteiger partial charge in [-0.25, -0.2) is 4.79 Å². The van der Waals surface area contributed by atoms with Crippen molar-refractivity contribution in [2.45, 2.75) is 27.7 Å². The van der Waals surface area contributed by atoms with Gasteiger partial charge in [-0.05, 0) is 27.7 Å². The third-order valence-electron chi connectivity index (χ3n) is 3.90. The van der Waals surface area contributed by atoms with E-state index in [0.29, 0.717) is 25.4 Å². The van der Waals surface area contributed by atoms with E-state index in [1.807, 2.05) is 0 Å². The van der Waals surface area contributed by atoms with Crippen LogP contribution in [0.5, 0.6) is 0 Å². The molecule has 0 aliphatic rings. The SMILES string of the molecule is C=C(C)C(=O)OCCOCCOCC[P+](CC)(CC)CC. The third-order valence-corrected chi connectivity index (χ3v) is 9.06. The Kier molecular flexibility index (Phi) is 11.9. The molecule has 0 fully saturated rings. The molecular weight excluding hydrogens is 287 g/mol. The van der Waals surface area contributed by atoms with Crippen molar-refractivity contribution in [2.75, 3.05) is 57.7 Å². The molecule has 0 radical (unpaired) electrons. The second-order valence-electron chi connectivity index (χ2n) is 5.15. The standard InChI is InChI=1S/C16H32O4P/c1-6-21(7-2,8-3)14-13-19-10-9-18-11-12-20-16(17)15(4)5/h4,6-14H2,1-3,5H3/q+1. The highest BCUT2D eigenvalue weighted by Gasteiger charge is 2.30. The molecule has 0 aliphatic carbocycles. The maximum absolute atomic E-state index is 11.1. The second kappa shape index (κ2) is 12.1. The number of rotatable bonds is 13. The molecule has 0 aliphatic heterocycles. The average molecular weight is 319 g/mol. The molecule has 0 N–H and O–H groups in total. The second-order valence-corrected chi connectivity index (χ2v) is 10.2. The summed E-state index contributed by atoms with van der Waals surface area (Å²) < 4.78 is 15.9. The zero-order chi connectivity index (χ0) is 16.1. The maximum atomic E-state index is 11.1. The minimum atomic E-state index is -0.757. The van der Waals surface area contributed by atoms with Gasteiger partial charge < -0.3 is 14.2 Å². The Hall–Kier alpha value is -0.440. The quantitative estimate of drug-likeness (QED) is 0.226. The number of ether oxygens (including phenoxy) is 3. The minimum absolute atomic E-state index is 0.266. The Bertz CT molecular complexity index is 292. The lowest BCUT2D eigenvalue weighted by Crippen LogP contribution is -2.15. The summed E-state index contributed by atoms with van der Waals surface area (Å²) in [7, 11) is -0.757. The molecule has 0 aromatic heterocycles. The van der Waals surface area contributed by atoms with Crippen LogP contribution in [0.3, 0.4) is 0 Å². The molecule has 0 bridgehead atoms. The predicted molar refractivity (Wildman–Crippen MR) is 90.8 cm³/mol. The Morgan fingerprint density at radius 3 is 1.86 bits per heavy atom. The van der Waals surface area contributed by atoms with Crippen LogP contribution in [-0.2, 0) is 19.0 Å². The first-order valence-electron chi connectivity index (χ1n) is 7.84. The fourth-order valence-electron chi connectivity index (χ4n) is 2.04. The van der Waals surface area contributed by atoms with Gasteiger partial charge in [-0.1, -0.05) is 6.58 Å². The third kappa shape index (κ3) is 9.23. The molecule has 0 aromatic carbocycles. The Balaban J connectivity index is 3.48. The number of carbonyl (C=O) groups excluding carboxylic acids is 1. The first-order valence-corrected chi connectivity index (χ1v) is 10.4. The molecule has 0 saturated carbocycles. The van der Waals surface area contributed by atoms with Crippen LogP contribution in [-0.4, -0.2) is 63.7 Å². The van der Waals surface area contributed by atoms with Crippen LogP contribution >= 0.6 is 7.26 Å². The lowest BCUT2D eigenvalue weighted by atomic mass is 10.4. The molecule has 0 amide bonds. The van der Waals surface area contributed by atoms with Gasteiger partial charge in [0.05, 0.1) is 51.1 Å². The Morgan fingerprint density at radius 2 is 1.38 bits per heavy atom. The molecule has 21 heavy (non-hydrogen) atoms. The van der Waals surface area contributed by atoms with Crippen molar-refractivity contribution < 1.29 is 19.0 Å². The van der Waals surface area contributed by atoms with Crippen LogP contribution in [0.1, 0.15) is 27.7 Å². The highest BCUT2D eigenvalue weighted by molar-refractivity contribution is 7.75. The predicted octanol–water partition coefficient (Wildman–Crippen LogP) is 3.22. The van der Waals surface area contributed by atoms with Crippen molar-refractivity contribution in [1.29, 1.82) is 0 Å². The smallest absolute Gasteiger partial charge is 0.333 e. The number of hydrogen-bond donors (Lipinski definition) is 0. The van der Waals surface area contributed by atoms with Crippen molar-refractivity contribution in [1.82, 2.24) is 0 Å². The van der Waals surface area contributed by atoms with Crippen LogP contribution in [0.25, 0.3) is 0 Å². The van der Waals surface area contributed by atoms with Gasteiger partial charge in [0, 0.05) is 12.8 Å². The summed E-state index contributed by atoms with van der Waals surface area (Å²) in [4.78, 5) is 11.1. The largest absolute Gasteiger partial charge is 0.460 e. The van der Waals surface area contributed by atoms with Crippen molar-refractivity contribution in [3.05, 3.63) is 12.2 Å². The van der Waals surface area contributed by atoms with Crippen LogP contribution in [0.4, 0.5) is 0 Å². The summed E-state index contributed by atoms with van der Waals surface area (Å²) in [6, 6.07) is 0. The van der Waals surface area contributed by atoms with Crippen molar-refractivity contribution in [3.8, 4) is 0 Å². The summed E-state index contributed by atoms with van der Waals surface area (Å²) in [6.45, 7) is 14.7. The summed E-state index contributed by atoms with van der Waals surface area (Å²) >= 11 is 0. The molecule has 0 aromatic rings. The molecule has 5 heteroatoms. The van der Waals surface area contributed by atoms with E-state index >= 15 is 0 Å². The van der Waals surface area contributed by atoms with Crippen molar-refractivity contribution >= 4 is 13.2 Å². The van der Waals surface area contributed by atoms with E-state index in [2.05, 4.69) is 27.4 Å². The fraction of sp³-hybridized carbons (Fsp3) is 0.812. The molecular formula is C16H32O4P+. The van der Waals surface area contributed by atoms with Gasteiger partial charge in [0.25, 0.3) is 0 Å². The lowest BCUT2D eigenvalue weighted by molar-refractivity contribution is -0.140. The summed E-state index contributed by atoms with van der Waals surface area (Å²) in [5, 5.41) is 0. The van der Waals surface area contributed by atoms with Gasteiger partial charge in [-0.3, -0.25) is 0 Å². The Labute approximate surface area is 130 Å². The molecule has 4 nitrogen and oxygen atoms in total. The van der Waals surface area contributed by atoms with Crippen LogP contribution in [0, 0.1) is 0 Å². The van der Waals surface area contributed by atoms with Crippen molar-refractivity contribution in [2.24, 2.45) is 0 Å². The van der Waals surface area contributed by atoms with E-state index in [9.17, 15) is 4.79 Å². The van der Waals surface area contributed by atoms with Crippen LogP contribution in [0.2, 0.25) is 0 Å². The number of hydrogen-bond acceptors (Lipinski definition) is 4. The van der Waals surface area contributed by atoms with E-state index in [1.54, 1.807) is 6.92 Å². The van der Waals surface area contributed by atoms with Gasteiger partial charge in [-0.15, -0.1) is 0 Å². The van der Waals surface area contributed by atoms with Gasteiger partial charge >= 0.3 is 5.97 Å². The first kappa shape index (κ1) is 20.6. The first-order chi connectivity index (χ1) is 10.0. The number of carbonyl (C=O) groups is 1. The highest BCUT2D eigenvalue weighted by atomic mass is 31.2. The summed E-state index contributed by atoms with van der Waals surface area (Å²) in [5.74, 6) is -0.367. The van der Waals surface area contributed by atoms with E-state index in [0.717, 1.165) is 6.61 Å². The van der Waals surface area contributed by atoms with E-state index in [1.165, 1.54) is 24.6 Å². The van der Waals surface area contributed by atoms with Gasteiger partial charge in [0.1, 0.15) is 6.61 Å². The van der Waals surface area contributed by atoms with Crippen LogP contribution < -0.4 is 0 Å². The average Bonchev–Trinajstić information content (AvgIpc) is 2.49. The summed E-state index contributed by atoms with van der Waals surface area (Å²) in [5.41, 5.74) is 0.410. The molecule has 0 heterocycles. The Morgan fingerprint density at radius 1 is 0.905 bits per heavy atom. The molecule has 0 rings (SSSR count). The fourth-order valence-corrected chi connectivity index (χ4v) is 4.85. The zero-order valence-corrected chi connectivity index (χ0v) is 15.0. The van der Waals surface area contributed by atoms with E-state index < -0.39 is 7.26 Å². The summed E-state index contributed by atoms with van der Waals surface area (Å²) in [6.07, 6.45) is 5.16. The minimum Gasteiger partial charge on any atom is -0.460 e. The molecule has 0 saturated heterocycles. The normalized spacial score (nSPS) is 11.4. The van der Waals surface area contributed by atoms with E-state index in [4.69, 9.17) is 14.2 Å². The van der Waals surface area contributed by atoms with Gasteiger partial charge in [0.2, 0.25) is 0 Å². The number of esters is 1. The monoisotopic (exact) mass is 319 g/mol. The van der Waals surface area contributed by atoms with E-state index in [-0.39, 0.29) is 12.6 Å². The lowest BCUT2D eigenvalue weighted by Gasteiger charge is -2.23. The van der Waals surface area contributed by atoms with Gasteiger partial charge in [0.15, 0.2) is 0 Å². The maximum Gasteiger partial charge on any atom is 0.333 e. The molecule has 124 valence electrons. The zero-order valence-electron chi connectivity index (χ0n) is 14.2. The van der Waals surface area contributed by atoms with Crippen LogP contribution in [0.15, 0.2) is 12.2 Å². The molecule has 0 unspecified atom stereocenters. The van der Waals surface area contributed by atoms with Crippen molar-refractivity contribution in [3.63, 3.8) is 0 Å². The molecule has 0 spiro atoms. The topological polar surface area (TPSA) is 44.8 Å². The van der Waals surface area contributed by atoms with Gasteiger partial charge in [-0.2, -0.15) is 0 Å². The molecule has 0 atom stereocenters. The highest BCUT2D eigenvalue weighted by Crippen LogP contribution is 2.57.